The predicted octanol–water partition coefficient (Wildman–Crippen LogP) is 2.93. The molecule has 0 radical (unpaired) electrons. The van der Waals surface area contributed by atoms with Gasteiger partial charge < -0.3 is 15.3 Å². The van der Waals surface area contributed by atoms with Crippen LogP contribution in [0.3, 0.4) is 0 Å². The third kappa shape index (κ3) is 4.53. The molecule has 0 saturated heterocycles. The summed E-state index contributed by atoms with van der Waals surface area (Å²) in [5.74, 6) is 0. The van der Waals surface area contributed by atoms with Crippen molar-refractivity contribution >= 4 is 17.4 Å². The number of carbonyl (C=O) groups is 1. The van der Waals surface area contributed by atoms with Gasteiger partial charge in [0.05, 0.1) is 11.5 Å². The average Bonchev–Trinajstić information content (AvgIpc) is 2.57. The number of nitrogens with zero attached hydrogens (tertiary/aromatic N) is 2. The molecule has 2 rings (SSSR count). The van der Waals surface area contributed by atoms with E-state index in [-0.39, 0.29) is 18.8 Å². The molecule has 0 fully saturated rings. The van der Waals surface area contributed by atoms with Crippen molar-refractivity contribution in [3.05, 3.63) is 69.8 Å². The lowest BCUT2D eigenvalue weighted by Crippen LogP contribution is -2.36. The van der Waals surface area contributed by atoms with Crippen LogP contribution in [0.1, 0.15) is 11.1 Å². The number of nitro benzene ring substituents is 1. The lowest BCUT2D eigenvalue weighted by molar-refractivity contribution is -0.385. The minimum absolute atomic E-state index is 0.0513. The number of amides is 2. The summed E-state index contributed by atoms with van der Waals surface area (Å²) in [6, 6.07) is 13.5. The third-order valence-corrected chi connectivity index (χ3v) is 3.53. The van der Waals surface area contributed by atoms with Gasteiger partial charge in [-0.3, -0.25) is 10.1 Å². The molecule has 2 aromatic carbocycles. The zero-order chi connectivity index (χ0) is 17.5. The van der Waals surface area contributed by atoms with E-state index in [1.165, 1.54) is 11.0 Å². The lowest BCUT2D eigenvalue weighted by Gasteiger charge is -2.22. The molecule has 0 saturated carbocycles. The molecule has 2 N–H and O–H groups in total. The SMILES string of the molecule is Cc1ccc(NC(=O)N(CCO)Cc2ccccc2)cc1[N+](=O)[O-]. The number of nitrogens with one attached hydrogen (secondary N) is 1. The molecular weight excluding hydrogens is 310 g/mol. The van der Waals surface area contributed by atoms with Crippen molar-refractivity contribution in [3.8, 4) is 0 Å². The van der Waals surface area contributed by atoms with E-state index in [9.17, 15) is 20.0 Å². The molecule has 24 heavy (non-hydrogen) atoms. The molecule has 2 amide bonds. The van der Waals surface area contributed by atoms with Gasteiger partial charge in [-0.2, -0.15) is 0 Å². The van der Waals surface area contributed by atoms with Gasteiger partial charge in [0, 0.05) is 30.4 Å². The molecular formula is C17H19N3O4. The Morgan fingerprint density at radius 2 is 1.96 bits per heavy atom. The molecule has 126 valence electrons. The van der Waals surface area contributed by atoms with Crippen LogP contribution in [0, 0.1) is 17.0 Å². The molecule has 0 aliphatic rings. The summed E-state index contributed by atoms with van der Waals surface area (Å²) in [5.41, 5.74) is 1.74. The van der Waals surface area contributed by atoms with Crippen molar-refractivity contribution in [2.24, 2.45) is 0 Å². The standard InChI is InChI=1S/C17H19N3O4/c1-13-7-8-15(11-16(13)20(23)24)18-17(22)19(9-10-21)12-14-5-3-2-4-6-14/h2-8,11,21H,9-10,12H2,1H3,(H,18,22). The second-order valence-corrected chi connectivity index (χ2v) is 5.32. The highest BCUT2D eigenvalue weighted by atomic mass is 16.6. The summed E-state index contributed by atoms with van der Waals surface area (Å²) in [6.45, 7) is 1.96. The fraction of sp³-hybridized carbons (Fsp3) is 0.235. The Hall–Kier alpha value is -2.93. The summed E-state index contributed by atoms with van der Waals surface area (Å²) < 4.78 is 0. The quantitative estimate of drug-likeness (QED) is 0.629. The first kappa shape index (κ1) is 17.4. The zero-order valence-corrected chi connectivity index (χ0v) is 13.3. The Morgan fingerprint density at radius 3 is 2.58 bits per heavy atom. The summed E-state index contributed by atoms with van der Waals surface area (Å²) in [6.07, 6.45) is 0. The van der Waals surface area contributed by atoms with Crippen LogP contribution in [-0.2, 0) is 6.54 Å². The highest BCUT2D eigenvalue weighted by molar-refractivity contribution is 5.89. The van der Waals surface area contributed by atoms with E-state index < -0.39 is 11.0 Å². The zero-order valence-electron chi connectivity index (χ0n) is 13.3. The van der Waals surface area contributed by atoms with E-state index in [1.54, 1.807) is 19.1 Å². The van der Waals surface area contributed by atoms with E-state index in [4.69, 9.17) is 0 Å². The van der Waals surface area contributed by atoms with Crippen LogP contribution >= 0.6 is 0 Å². The first-order chi connectivity index (χ1) is 11.5. The number of hydrogen-bond acceptors (Lipinski definition) is 4. The number of aliphatic hydroxyl groups excluding tert-OH is 1. The van der Waals surface area contributed by atoms with E-state index in [0.717, 1.165) is 5.56 Å². The monoisotopic (exact) mass is 329 g/mol. The number of anilines is 1. The van der Waals surface area contributed by atoms with Gasteiger partial charge in [-0.1, -0.05) is 36.4 Å². The first-order valence-corrected chi connectivity index (χ1v) is 7.47. The van der Waals surface area contributed by atoms with Crippen molar-refractivity contribution in [1.29, 1.82) is 0 Å². The van der Waals surface area contributed by atoms with Crippen LogP contribution < -0.4 is 5.32 Å². The number of urea groups is 1. The maximum absolute atomic E-state index is 12.4. The molecule has 0 unspecified atom stereocenters. The van der Waals surface area contributed by atoms with Crippen LogP contribution in [0.2, 0.25) is 0 Å². The van der Waals surface area contributed by atoms with Crippen LogP contribution in [0.15, 0.2) is 48.5 Å². The molecule has 0 atom stereocenters. The van der Waals surface area contributed by atoms with Crippen molar-refractivity contribution in [2.45, 2.75) is 13.5 Å². The van der Waals surface area contributed by atoms with Gasteiger partial charge in [0.1, 0.15) is 0 Å². The maximum atomic E-state index is 12.4. The Balaban J connectivity index is 2.13. The largest absolute Gasteiger partial charge is 0.395 e. The predicted molar refractivity (Wildman–Crippen MR) is 90.8 cm³/mol. The molecule has 0 bridgehead atoms. The lowest BCUT2D eigenvalue weighted by atomic mass is 10.2. The molecule has 0 heterocycles. The van der Waals surface area contributed by atoms with E-state index in [0.29, 0.717) is 17.8 Å². The van der Waals surface area contributed by atoms with Gasteiger partial charge in [0.2, 0.25) is 0 Å². The highest BCUT2D eigenvalue weighted by Gasteiger charge is 2.16. The van der Waals surface area contributed by atoms with Crippen LogP contribution in [-0.4, -0.2) is 34.1 Å². The Morgan fingerprint density at radius 1 is 1.25 bits per heavy atom. The number of hydrogen-bond donors (Lipinski definition) is 2. The fourth-order valence-corrected chi connectivity index (χ4v) is 2.26. The van der Waals surface area contributed by atoms with Gasteiger partial charge in [-0.25, -0.2) is 4.79 Å². The van der Waals surface area contributed by atoms with Crippen molar-refractivity contribution < 1.29 is 14.8 Å². The molecule has 0 spiro atoms. The van der Waals surface area contributed by atoms with Crippen LogP contribution in [0.4, 0.5) is 16.2 Å². The van der Waals surface area contributed by atoms with Crippen molar-refractivity contribution in [3.63, 3.8) is 0 Å². The Labute approximate surface area is 139 Å². The number of rotatable bonds is 6. The van der Waals surface area contributed by atoms with Gasteiger partial charge in [-0.05, 0) is 18.6 Å². The highest BCUT2D eigenvalue weighted by Crippen LogP contribution is 2.22. The molecule has 0 aromatic heterocycles. The number of carbonyl (C=O) groups excluding carboxylic acids is 1. The Kier molecular flexibility index (Phi) is 5.86. The molecule has 7 nitrogen and oxygen atoms in total. The van der Waals surface area contributed by atoms with Gasteiger partial charge in [0.15, 0.2) is 0 Å². The van der Waals surface area contributed by atoms with Gasteiger partial charge >= 0.3 is 6.03 Å². The van der Waals surface area contributed by atoms with Crippen LogP contribution in [0.25, 0.3) is 0 Å². The topological polar surface area (TPSA) is 95.7 Å². The molecule has 7 heteroatoms. The maximum Gasteiger partial charge on any atom is 0.322 e. The molecule has 0 aliphatic carbocycles. The summed E-state index contributed by atoms with van der Waals surface area (Å²) in [5, 5.41) is 22.8. The normalized spacial score (nSPS) is 10.2. The second kappa shape index (κ2) is 8.07. The van der Waals surface area contributed by atoms with Crippen LogP contribution in [0.5, 0.6) is 0 Å². The smallest absolute Gasteiger partial charge is 0.322 e. The van der Waals surface area contributed by atoms with Crippen molar-refractivity contribution in [2.75, 3.05) is 18.5 Å². The van der Waals surface area contributed by atoms with Gasteiger partial charge in [0.25, 0.3) is 5.69 Å². The van der Waals surface area contributed by atoms with Crippen molar-refractivity contribution in [1.82, 2.24) is 4.90 Å². The van der Waals surface area contributed by atoms with E-state index >= 15 is 0 Å². The average molecular weight is 329 g/mol. The summed E-state index contributed by atoms with van der Waals surface area (Å²) >= 11 is 0. The number of benzene rings is 2. The first-order valence-electron chi connectivity index (χ1n) is 7.47. The summed E-state index contributed by atoms with van der Waals surface area (Å²) in [4.78, 5) is 24.4. The van der Waals surface area contributed by atoms with E-state index in [2.05, 4.69) is 5.32 Å². The Bertz CT molecular complexity index is 719. The number of aliphatic hydroxyl groups is 1. The third-order valence-electron chi connectivity index (χ3n) is 3.53. The second-order valence-electron chi connectivity index (χ2n) is 5.32. The minimum atomic E-state index is -0.486. The number of nitro groups is 1. The molecule has 0 aliphatic heterocycles. The fourth-order valence-electron chi connectivity index (χ4n) is 2.26. The molecule has 2 aromatic rings. The minimum Gasteiger partial charge on any atom is -0.395 e. The summed E-state index contributed by atoms with van der Waals surface area (Å²) in [7, 11) is 0. The van der Waals surface area contributed by atoms with E-state index in [1.807, 2.05) is 30.3 Å². The number of aryl methyl sites for hydroxylation is 1. The van der Waals surface area contributed by atoms with Gasteiger partial charge in [-0.15, -0.1) is 0 Å².